The van der Waals surface area contributed by atoms with E-state index >= 15 is 0 Å². The highest BCUT2D eigenvalue weighted by molar-refractivity contribution is 7.89. The molecule has 0 aliphatic heterocycles. The van der Waals surface area contributed by atoms with E-state index in [9.17, 15) is 8.42 Å². The molecule has 96 valence electrons. The molecule has 5 heteroatoms. The Bertz CT molecular complexity index is 417. The summed E-state index contributed by atoms with van der Waals surface area (Å²) in [6, 6.07) is 8.33. The zero-order valence-corrected chi connectivity index (χ0v) is 10.9. The van der Waals surface area contributed by atoms with E-state index in [-0.39, 0.29) is 18.0 Å². The average Bonchev–Trinajstić information content (AvgIpc) is 2.35. The molecule has 0 heterocycles. The minimum atomic E-state index is -3.46. The molecule has 1 aromatic carbocycles. The first-order valence-corrected chi connectivity index (χ1v) is 7.23. The molecule has 0 spiro atoms. The first-order chi connectivity index (χ1) is 8.12. The minimum Gasteiger partial charge on any atom is -0.395 e. The van der Waals surface area contributed by atoms with E-state index in [1.165, 1.54) is 4.31 Å². The molecule has 0 radical (unpaired) electrons. The van der Waals surface area contributed by atoms with Crippen molar-refractivity contribution in [2.45, 2.75) is 24.7 Å². The first kappa shape index (κ1) is 14.2. The lowest BCUT2D eigenvalue weighted by Gasteiger charge is -2.20. The fraction of sp³-hybridized carbons (Fsp3) is 0.500. The van der Waals surface area contributed by atoms with E-state index in [2.05, 4.69) is 0 Å². The third kappa shape index (κ3) is 3.80. The third-order valence-corrected chi connectivity index (χ3v) is 4.40. The van der Waals surface area contributed by atoms with E-state index in [1.807, 2.05) is 6.92 Å². The number of benzene rings is 1. The molecule has 0 aliphatic rings. The number of aliphatic hydroxyl groups excluding tert-OH is 1. The van der Waals surface area contributed by atoms with Crippen LogP contribution in [0.15, 0.2) is 35.2 Å². The van der Waals surface area contributed by atoms with Crippen LogP contribution >= 0.6 is 0 Å². The Hall–Kier alpha value is -0.910. The van der Waals surface area contributed by atoms with Gasteiger partial charge >= 0.3 is 0 Å². The molecule has 0 aliphatic carbocycles. The van der Waals surface area contributed by atoms with Gasteiger partial charge in [-0.3, -0.25) is 0 Å². The highest BCUT2D eigenvalue weighted by Crippen LogP contribution is 2.15. The van der Waals surface area contributed by atoms with Crippen molar-refractivity contribution < 1.29 is 13.5 Å². The molecular weight excluding hydrogens is 238 g/mol. The SMILES string of the molecule is CCCCN(CCO)S(=O)(=O)c1ccccc1. The molecule has 1 rings (SSSR count). The lowest BCUT2D eigenvalue weighted by atomic mass is 10.3. The third-order valence-electron chi connectivity index (χ3n) is 2.49. The molecule has 1 N–H and O–H groups in total. The van der Waals surface area contributed by atoms with Crippen molar-refractivity contribution in [3.05, 3.63) is 30.3 Å². The van der Waals surface area contributed by atoms with Crippen molar-refractivity contribution in [2.24, 2.45) is 0 Å². The predicted octanol–water partition coefficient (Wildman–Crippen LogP) is 1.47. The second-order valence-electron chi connectivity index (χ2n) is 3.79. The van der Waals surface area contributed by atoms with Crippen molar-refractivity contribution >= 4 is 10.0 Å². The van der Waals surface area contributed by atoms with E-state index in [1.54, 1.807) is 30.3 Å². The van der Waals surface area contributed by atoms with Crippen LogP contribution in [0.2, 0.25) is 0 Å². The summed E-state index contributed by atoms with van der Waals surface area (Å²) in [5.74, 6) is 0. The molecule has 0 saturated carbocycles. The topological polar surface area (TPSA) is 57.6 Å². The first-order valence-electron chi connectivity index (χ1n) is 5.79. The van der Waals surface area contributed by atoms with E-state index in [0.717, 1.165) is 12.8 Å². The highest BCUT2D eigenvalue weighted by atomic mass is 32.2. The number of hydrogen-bond donors (Lipinski definition) is 1. The van der Waals surface area contributed by atoms with Crippen LogP contribution in [0.1, 0.15) is 19.8 Å². The monoisotopic (exact) mass is 257 g/mol. The summed E-state index contributed by atoms with van der Waals surface area (Å²) in [6.45, 7) is 2.45. The van der Waals surface area contributed by atoms with Crippen LogP contribution in [-0.2, 0) is 10.0 Å². The van der Waals surface area contributed by atoms with Crippen LogP contribution in [0, 0.1) is 0 Å². The number of hydrogen-bond acceptors (Lipinski definition) is 3. The lowest BCUT2D eigenvalue weighted by molar-refractivity contribution is 0.252. The fourth-order valence-electron chi connectivity index (χ4n) is 1.54. The van der Waals surface area contributed by atoms with E-state index in [0.29, 0.717) is 6.54 Å². The molecule has 0 saturated heterocycles. The minimum absolute atomic E-state index is 0.150. The number of sulfonamides is 1. The van der Waals surface area contributed by atoms with Crippen LogP contribution < -0.4 is 0 Å². The van der Waals surface area contributed by atoms with Gasteiger partial charge in [0.2, 0.25) is 10.0 Å². The molecular formula is C12H19NO3S. The molecule has 4 nitrogen and oxygen atoms in total. The van der Waals surface area contributed by atoms with Crippen molar-refractivity contribution in [1.29, 1.82) is 0 Å². The molecule has 0 atom stereocenters. The zero-order chi connectivity index (χ0) is 12.7. The fourth-order valence-corrected chi connectivity index (χ4v) is 3.03. The molecule has 0 fully saturated rings. The standard InChI is InChI=1S/C12H19NO3S/c1-2-3-9-13(10-11-14)17(15,16)12-7-5-4-6-8-12/h4-8,14H,2-3,9-11H2,1H3. The van der Waals surface area contributed by atoms with Gasteiger partial charge in [-0.05, 0) is 18.6 Å². The van der Waals surface area contributed by atoms with Gasteiger partial charge in [0.05, 0.1) is 11.5 Å². The van der Waals surface area contributed by atoms with Crippen molar-refractivity contribution in [3.8, 4) is 0 Å². The molecule has 0 aromatic heterocycles. The number of unbranched alkanes of at least 4 members (excludes halogenated alkanes) is 1. The summed E-state index contributed by atoms with van der Waals surface area (Å²) in [5, 5.41) is 8.94. The van der Waals surface area contributed by atoms with E-state index in [4.69, 9.17) is 5.11 Å². The maximum Gasteiger partial charge on any atom is 0.243 e. The molecule has 1 aromatic rings. The van der Waals surface area contributed by atoms with Crippen LogP contribution in [-0.4, -0.2) is 37.5 Å². The normalized spacial score (nSPS) is 11.9. The Morgan fingerprint density at radius 1 is 1.18 bits per heavy atom. The predicted molar refractivity (Wildman–Crippen MR) is 67.2 cm³/mol. The Kier molecular flexibility index (Phi) is 5.61. The number of aliphatic hydroxyl groups is 1. The van der Waals surface area contributed by atoms with Crippen LogP contribution in [0.5, 0.6) is 0 Å². The summed E-state index contributed by atoms with van der Waals surface area (Å²) < 4.78 is 25.8. The van der Waals surface area contributed by atoms with Gasteiger partial charge in [0.25, 0.3) is 0 Å². The smallest absolute Gasteiger partial charge is 0.243 e. The summed E-state index contributed by atoms with van der Waals surface area (Å²) >= 11 is 0. The van der Waals surface area contributed by atoms with Crippen molar-refractivity contribution in [1.82, 2.24) is 4.31 Å². The maximum atomic E-state index is 12.2. The second-order valence-corrected chi connectivity index (χ2v) is 5.73. The lowest BCUT2D eigenvalue weighted by Crippen LogP contribution is -2.34. The molecule has 0 unspecified atom stereocenters. The molecule has 0 amide bonds. The van der Waals surface area contributed by atoms with Gasteiger partial charge < -0.3 is 5.11 Å². The summed E-state index contributed by atoms with van der Waals surface area (Å²) in [6.07, 6.45) is 1.72. The van der Waals surface area contributed by atoms with Gasteiger partial charge in [-0.25, -0.2) is 8.42 Å². The van der Waals surface area contributed by atoms with Gasteiger partial charge in [-0.1, -0.05) is 31.5 Å². The summed E-state index contributed by atoms with van der Waals surface area (Å²) in [5.41, 5.74) is 0. The van der Waals surface area contributed by atoms with Gasteiger partial charge in [-0.2, -0.15) is 4.31 Å². The number of rotatable bonds is 7. The largest absolute Gasteiger partial charge is 0.395 e. The quantitative estimate of drug-likeness (QED) is 0.804. The van der Waals surface area contributed by atoms with Gasteiger partial charge in [-0.15, -0.1) is 0 Å². The van der Waals surface area contributed by atoms with Gasteiger partial charge in [0.1, 0.15) is 0 Å². The van der Waals surface area contributed by atoms with Gasteiger partial charge in [0, 0.05) is 13.1 Å². The Morgan fingerprint density at radius 2 is 1.82 bits per heavy atom. The average molecular weight is 257 g/mol. The Morgan fingerprint density at radius 3 is 2.35 bits per heavy atom. The van der Waals surface area contributed by atoms with E-state index < -0.39 is 10.0 Å². The van der Waals surface area contributed by atoms with Gasteiger partial charge in [0.15, 0.2) is 0 Å². The Labute approximate surface area is 103 Å². The van der Waals surface area contributed by atoms with Crippen LogP contribution in [0.3, 0.4) is 0 Å². The Balaban J connectivity index is 2.92. The van der Waals surface area contributed by atoms with Crippen LogP contribution in [0.25, 0.3) is 0 Å². The number of nitrogens with zero attached hydrogens (tertiary/aromatic N) is 1. The van der Waals surface area contributed by atoms with Crippen LogP contribution in [0.4, 0.5) is 0 Å². The zero-order valence-electron chi connectivity index (χ0n) is 10.0. The van der Waals surface area contributed by atoms with Crippen molar-refractivity contribution in [3.63, 3.8) is 0 Å². The summed E-state index contributed by atoms with van der Waals surface area (Å²) in [7, 11) is -3.46. The van der Waals surface area contributed by atoms with Crippen molar-refractivity contribution in [2.75, 3.05) is 19.7 Å². The molecule has 0 bridgehead atoms. The molecule has 17 heavy (non-hydrogen) atoms. The summed E-state index contributed by atoms with van der Waals surface area (Å²) in [4.78, 5) is 0.282. The highest BCUT2D eigenvalue weighted by Gasteiger charge is 2.22. The second kappa shape index (κ2) is 6.74. The maximum absolute atomic E-state index is 12.2.